The zero-order chi connectivity index (χ0) is 13.8. The Morgan fingerprint density at radius 3 is 2.42 bits per heavy atom. The molecule has 0 fully saturated rings. The number of benzene rings is 2. The number of halogens is 2. The van der Waals surface area contributed by atoms with E-state index in [1.807, 2.05) is 49.4 Å². The Kier molecular flexibility index (Phi) is 4.77. The molecular weight excluding hydrogens is 370 g/mol. The summed E-state index contributed by atoms with van der Waals surface area (Å²) in [5.74, 6) is -0.0865. The number of anilines is 1. The van der Waals surface area contributed by atoms with E-state index >= 15 is 0 Å². The van der Waals surface area contributed by atoms with Crippen LogP contribution in [-0.2, 0) is 5.33 Å². The van der Waals surface area contributed by atoms with E-state index in [1.165, 1.54) is 5.56 Å². The van der Waals surface area contributed by atoms with E-state index in [1.54, 1.807) is 0 Å². The lowest BCUT2D eigenvalue weighted by atomic mass is 10.1. The Balaban J connectivity index is 2.15. The number of hydrogen-bond donors (Lipinski definition) is 1. The first kappa shape index (κ1) is 14.3. The second kappa shape index (κ2) is 6.35. The summed E-state index contributed by atoms with van der Waals surface area (Å²) in [5, 5.41) is 3.71. The van der Waals surface area contributed by atoms with E-state index in [0.717, 1.165) is 21.1 Å². The topological polar surface area (TPSA) is 29.1 Å². The van der Waals surface area contributed by atoms with Crippen molar-refractivity contribution in [3.8, 4) is 0 Å². The first-order chi connectivity index (χ1) is 9.10. The van der Waals surface area contributed by atoms with E-state index < -0.39 is 0 Å². The first-order valence-electron chi connectivity index (χ1n) is 5.82. The van der Waals surface area contributed by atoms with Crippen molar-refractivity contribution < 1.29 is 4.79 Å². The number of nitrogens with one attached hydrogen (secondary N) is 1. The average molecular weight is 383 g/mol. The van der Waals surface area contributed by atoms with Gasteiger partial charge in [-0.3, -0.25) is 4.79 Å². The summed E-state index contributed by atoms with van der Waals surface area (Å²) in [5.41, 5.74) is 3.62. The van der Waals surface area contributed by atoms with Gasteiger partial charge in [0.05, 0.1) is 0 Å². The number of hydrogen-bond acceptors (Lipinski definition) is 1. The van der Waals surface area contributed by atoms with E-state index in [2.05, 4.69) is 37.2 Å². The van der Waals surface area contributed by atoms with E-state index in [9.17, 15) is 4.79 Å². The fourth-order valence-electron chi connectivity index (χ4n) is 1.76. The Bertz CT molecular complexity index is 594. The smallest absolute Gasteiger partial charge is 0.255 e. The molecule has 2 nitrogen and oxygen atoms in total. The lowest BCUT2D eigenvalue weighted by Gasteiger charge is -2.08. The second-order valence-electron chi connectivity index (χ2n) is 4.24. The highest BCUT2D eigenvalue weighted by molar-refractivity contribution is 9.10. The molecule has 0 aromatic heterocycles. The van der Waals surface area contributed by atoms with Gasteiger partial charge in [-0.15, -0.1) is 0 Å². The van der Waals surface area contributed by atoms with Crippen LogP contribution < -0.4 is 5.32 Å². The van der Waals surface area contributed by atoms with Crippen LogP contribution in [0.1, 0.15) is 21.5 Å². The molecule has 2 aromatic rings. The van der Waals surface area contributed by atoms with Crippen molar-refractivity contribution in [2.75, 3.05) is 5.32 Å². The highest BCUT2D eigenvalue weighted by Gasteiger charge is 2.09. The SMILES string of the molecule is Cc1cc(Br)ccc1C(=O)Nc1ccc(CBr)cc1. The molecule has 0 spiro atoms. The highest BCUT2D eigenvalue weighted by Crippen LogP contribution is 2.18. The van der Waals surface area contributed by atoms with Gasteiger partial charge in [0.25, 0.3) is 5.91 Å². The van der Waals surface area contributed by atoms with Crippen LogP contribution in [0.3, 0.4) is 0 Å². The Labute approximate surface area is 129 Å². The number of carbonyl (C=O) groups is 1. The monoisotopic (exact) mass is 381 g/mol. The highest BCUT2D eigenvalue weighted by atomic mass is 79.9. The first-order valence-corrected chi connectivity index (χ1v) is 7.74. The van der Waals surface area contributed by atoms with E-state index in [0.29, 0.717) is 5.56 Å². The van der Waals surface area contributed by atoms with Gasteiger partial charge in [0.2, 0.25) is 0 Å². The third-order valence-electron chi connectivity index (χ3n) is 2.80. The summed E-state index contributed by atoms with van der Waals surface area (Å²) < 4.78 is 0.975. The van der Waals surface area contributed by atoms with Crippen molar-refractivity contribution in [1.82, 2.24) is 0 Å². The number of amides is 1. The summed E-state index contributed by atoms with van der Waals surface area (Å²) >= 11 is 6.79. The summed E-state index contributed by atoms with van der Waals surface area (Å²) in [7, 11) is 0. The molecule has 2 rings (SSSR count). The van der Waals surface area contributed by atoms with Crippen molar-refractivity contribution in [2.45, 2.75) is 12.3 Å². The van der Waals surface area contributed by atoms with Crippen molar-refractivity contribution in [3.05, 3.63) is 63.6 Å². The fraction of sp³-hybridized carbons (Fsp3) is 0.133. The fourth-order valence-corrected chi connectivity index (χ4v) is 2.61. The van der Waals surface area contributed by atoms with Crippen molar-refractivity contribution >= 4 is 43.5 Å². The molecule has 0 unspecified atom stereocenters. The molecule has 0 aliphatic rings. The minimum atomic E-state index is -0.0865. The van der Waals surface area contributed by atoms with Gasteiger partial charge in [0.15, 0.2) is 0 Å². The van der Waals surface area contributed by atoms with Crippen LogP contribution in [0.25, 0.3) is 0 Å². The standard InChI is InChI=1S/C15H13Br2NO/c1-10-8-12(17)4-7-14(10)15(19)18-13-5-2-11(9-16)3-6-13/h2-8H,9H2,1H3,(H,18,19). The van der Waals surface area contributed by atoms with Crippen LogP contribution in [0.2, 0.25) is 0 Å². The molecule has 0 saturated heterocycles. The lowest BCUT2D eigenvalue weighted by molar-refractivity contribution is 0.102. The zero-order valence-electron chi connectivity index (χ0n) is 10.4. The predicted octanol–water partition coefficient (Wildman–Crippen LogP) is 4.90. The van der Waals surface area contributed by atoms with Gasteiger partial charge < -0.3 is 5.32 Å². The van der Waals surface area contributed by atoms with Gasteiger partial charge in [-0.2, -0.15) is 0 Å². The largest absolute Gasteiger partial charge is 0.322 e. The van der Waals surface area contributed by atoms with Gasteiger partial charge in [0.1, 0.15) is 0 Å². The van der Waals surface area contributed by atoms with Gasteiger partial charge in [0, 0.05) is 21.1 Å². The van der Waals surface area contributed by atoms with Crippen LogP contribution in [-0.4, -0.2) is 5.91 Å². The molecule has 0 heterocycles. The molecule has 0 aliphatic carbocycles. The maximum absolute atomic E-state index is 12.2. The van der Waals surface area contributed by atoms with Crippen LogP contribution in [0.4, 0.5) is 5.69 Å². The molecule has 0 bridgehead atoms. The van der Waals surface area contributed by atoms with Crippen LogP contribution in [0, 0.1) is 6.92 Å². The van der Waals surface area contributed by atoms with E-state index in [4.69, 9.17) is 0 Å². The quantitative estimate of drug-likeness (QED) is 0.751. The van der Waals surface area contributed by atoms with Crippen molar-refractivity contribution in [1.29, 1.82) is 0 Å². The summed E-state index contributed by atoms with van der Waals surface area (Å²) in [6.07, 6.45) is 0. The summed E-state index contributed by atoms with van der Waals surface area (Å²) in [6, 6.07) is 13.4. The van der Waals surface area contributed by atoms with Crippen LogP contribution in [0.5, 0.6) is 0 Å². The maximum Gasteiger partial charge on any atom is 0.255 e. The third-order valence-corrected chi connectivity index (χ3v) is 3.94. The number of carbonyl (C=O) groups excluding carboxylic acids is 1. The number of aryl methyl sites for hydroxylation is 1. The Morgan fingerprint density at radius 1 is 1.16 bits per heavy atom. The van der Waals surface area contributed by atoms with Gasteiger partial charge in [-0.05, 0) is 48.4 Å². The number of alkyl halides is 1. The summed E-state index contributed by atoms with van der Waals surface area (Å²) in [6.45, 7) is 1.92. The number of rotatable bonds is 3. The molecule has 1 amide bonds. The Morgan fingerprint density at radius 2 is 1.84 bits per heavy atom. The molecule has 19 heavy (non-hydrogen) atoms. The summed E-state index contributed by atoms with van der Waals surface area (Å²) in [4.78, 5) is 12.2. The Hall–Kier alpha value is -1.13. The predicted molar refractivity (Wildman–Crippen MR) is 85.9 cm³/mol. The molecule has 4 heteroatoms. The van der Waals surface area contributed by atoms with Gasteiger partial charge in [-0.1, -0.05) is 44.0 Å². The lowest BCUT2D eigenvalue weighted by Crippen LogP contribution is -2.13. The van der Waals surface area contributed by atoms with Crippen molar-refractivity contribution in [2.24, 2.45) is 0 Å². The molecule has 0 aliphatic heterocycles. The third kappa shape index (κ3) is 3.67. The molecule has 0 radical (unpaired) electrons. The molecule has 98 valence electrons. The van der Waals surface area contributed by atoms with E-state index in [-0.39, 0.29) is 5.91 Å². The van der Waals surface area contributed by atoms with Crippen LogP contribution in [0.15, 0.2) is 46.9 Å². The normalized spacial score (nSPS) is 10.3. The minimum Gasteiger partial charge on any atom is -0.322 e. The van der Waals surface area contributed by atoms with Crippen molar-refractivity contribution in [3.63, 3.8) is 0 Å². The minimum absolute atomic E-state index is 0.0865. The molecule has 0 saturated carbocycles. The molecular formula is C15H13Br2NO. The second-order valence-corrected chi connectivity index (χ2v) is 5.72. The molecule has 1 N–H and O–H groups in total. The average Bonchev–Trinajstić information content (AvgIpc) is 2.39. The van der Waals surface area contributed by atoms with Gasteiger partial charge in [-0.25, -0.2) is 0 Å². The zero-order valence-corrected chi connectivity index (χ0v) is 13.6. The van der Waals surface area contributed by atoms with Crippen LogP contribution >= 0.6 is 31.9 Å². The molecule has 2 aromatic carbocycles. The molecule has 0 atom stereocenters. The maximum atomic E-state index is 12.2. The van der Waals surface area contributed by atoms with Gasteiger partial charge >= 0.3 is 0 Å².